The predicted molar refractivity (Wildman–Crippen MR) is 82.8 cm³/mol. The van der Waals surface area contributed by atoms with E-state index < -0.39 is 0 Å². The molecule has 114 valence electrons. The number of aromatic amines is 1. The molecule has 2 aromatic heterocycles. The maximum atomic E-state index is 12.2. The maximum absolute atomic E-state index is 12.2. The second-order valence-electron chi connectivity index (χ2n) is 4.92. The molecule has 7 heteroatoms. The molecule has 1 aromatic carbocycles. The van der Waals surface area contributed by atoms with Gasteiger partial charge in [0.1, 0.15) is 12.1 Å². The number of amides is 1. The largest absolute Gasteiger partial charge is 0.493 e. The molecule has 2 heterocycles. The molecule has 0 radical (unpaired) electrons. The third-order valence-corrected chi connectivity index (χ3v) is 3.36. The van der Waals surface area contributed by atoms with Crippen LogP contribution < -0.4 is 10.1 Å². The van der Waals surface area contributed by atoms with Crippen molar-refractivity contribution in [2.45, 2.75) is 13.3 Å². The van der Waals surface area contributed by atoms with E-state index >= 15 is 0 Å². The zero-order chi connectivity index (χ0) is 15.5. The molecule has 0 saturated carbocycles. The summed E-state index contributed by atoms with van der Waals surface area (Å²) in [5, 5.41) is 11.3. The molecule has 0 bridgehead atoms. The van der Waals surface area contributed by atoms with Gasteiger partial charge in [-0.1, -0.05) is 6.07 Å². The van der Waals surface area contributed by atoms with E-state index in [4.69, 9.17) is 4.74 Å². The van der Waals surface area contributed by atoms with Gasteiger partial charge in [-0.3, -0.25) is 10.1 Å². The highest BCUT2D eigenvalue weighted by Gasteiger charge is 2.14. The van der Waals surface area contributed by atoms with Gasteiger partial charge in [0, 0.05) is 24.1 Å². The monoisotopic (exact) mass is 299 g/mol. The van der Waals surface area contributed by atoms with Crippen LogP contribution in [-0.2, 0) is 18.3 Å². The molecule has 0 aliphatic carbocycles. The fourth-order valence-electron chi connectivity index (χ4n) is 2.37. The highest BCUT2D eigenvalue weighted by molar-refractivity contribution is 5.96. The number of carbonyl (C=O) groups is 1. The van der Waals surface area contributed by atoms with Gasteiger partial charge < -0.3 is 14.3 Å². The number of aromatic nitrogens is 4. The number of rotatable bonds is 5. The molecule has 0 atom stereocenters. The number of carbonyl (C=O) groups excluding carboxylic acids is 1. The summed E-state index contributed by atoms with van der Waals surface area (Å²) in [5.74, 6) is 1.06. The third kappa shape index (κ3) is 2.65. The number of anilines is 1. The van der Waals surface area contributed by atoms with E-state index in [1.807, 2.05) is 31.3 Å². The van der Waals surface area contributed by atoms with Gasteiger partial charge in [-0.05, 0) is 24.6 Å². The summed E-state index contributed by atoms with van der Waals surface area (Å²) in [5.41, 5.74) is 1.84. The molecule has 0 spiro atoms. The number of fused-ring (bicyclic) bond motifs is 1. The van der Waals surface area contributed by atoms with Gasteiger partial charge in [0.05, 0.1) is 13.0 Å². The van der Waals surface area contributed by atoms with Crippen LogP contribution in [-0.4, -0.2) is 32.3 Å². The Morgan fingerprint density at radius 3 is 3.05 bits per heavy atom. The van der Waals surface area contributed by atoms with E-state index in [0.717, 1.165) is 22.2 Å². The van der Waals surface area contributed by atoms with Crippen LogP contribution in [0.5, 0.6) is 5.75 Å². The van der Waals surface area contributed by atoms with Crippen LogP contribution >= 0.6 is 0 Å². The van der Waals surface area contributed by atoms with Crippen molar-refractivity contribution in [3.05, 3.63) is 36.3 Å². The van der Waals surface area contributed by atoms with Gasteiger partial charge in [0.15, 0.2) is 0 Å². The minimum Gasteiger partial charge on any atom is -0.493 e. The van der Waals surface area contributed by atoms with E-state index in [2.05, 4.69) is 20.5 Å². The summed E-state index contributed by atoms with van der Waals surface area (Å²) < 4.78 is 7.30. The van der Waals surface area contributed by atoms with Crippen LogP contribution in [0.2, 0.25) is 0 Å². The Morgan fingerprint density at radius 1 is 1.45 bits per heavy atom. The highest BCUT2D eigenvalue weighted by atomic mass is 16.5. The summed E-state index contributed by atoms with van der Waals surface area (Å²) in [6.45, 7) is 2.51. The van der Waals surface area contributed by atoms with E-state index in [9.17, 15) is 4.79 Å². The third-order valence-electron chi connectivity index (χ3n) is 3.36. The second-order valence-corrected chi connectivity index (χ2v) is 4.92. The summed E-state index contributed by atoms with van der Waals surface area (Å²) in [6.07, 6.45) is 3.61. The van der Waals surface area contributed by atoms with Gasteiger partial charge >= 0.3 is 0 Å². The average molecular weight is 299 g/mol. The molecule has 0 aliphatic heterocycles. The van der Waals surface area contributed by atoms with Crippen LogP contribution in [0.25, 0.3) is 10.9 Å². The number of hydrogen-bond donors (Lipinski definition) is 2. The van der Waals surface area contributed by atoms with Crippen LogP contribution in [0.15, 0.2) is 30.7 Å². The van der Waals surface area contributed by atoms with Gasteiger partial charge in [-0.2, -0.15) is 0 Å². The molecule has 0 unspecified atom stereocenters. The van der Waals surface area contributed by atoms with Crippen molar-refractivity contribution in [3.8, 4) is 5.75 Å². The molecule has 3 aromatic rings. The lowest BCUT2D eigenvalue weighted by atomic mass is 10.1. The Balaban J connectivity index is 1.84. The fourth-order valence-corrected chi connectivity index (χ4v) is 2.37. The smallest absolute Gasteiger partial charge is 0.231 e. The van der Waals surface area contributed by atoms with Crippen molar-refractivity contribution in [3.63, 3.8) is 0 Å². The Labute approximate surface area is 127 Å². The lowest BCUT2D eigenvalue weighted by molar-refractivity contribution is -0.115. The zero-order valence-electron chi connectivity index (χ0n) is 12.5. The summed E-state index contributed by atoms with van der Waals surface area (Å²) in [4.78, 5) is 15.4. The molecule has 1 amide bonds. The molecule has 0 saturated heterocycles. The first-order valence-corrected chi connectivity index (χ1v) is 7.04. The summed E-state index contributed by atoms with van der Waals surface area (Å²) >= 11 is 0. The van der Waals surface area contributed by atoms with Crippen molar-refractivity contribution >= 4 is 22.8 Å². The molecular weight excluding hydrogens is 282 g/mol. The normalized spacial score (nSPS) is 10.8. The van der Waals surface area contributed by atoms with Gasteiger partial charge in [0.2, 0.25) is 11.9 Å². The van der Waals surface area contributed by atoms with Gasteiger partial charge in [-0.15, -0.1) is 10.2 Å². The van der Waals surface area contributed by atoms with Crippen molar-refractivity contribution in [1.29, 1.82) is 0 Å². The number of aryl methyl sites for hydroxylation is 1. The first kappa shape index (κ1) is 14.1. The zero-order valence-corrected chi connectivity index (χ0v) is 12.5. The number of nitrogens with one attached hydrogen (secondary N) is 2. The molecule has 0 fully saturated rings. The molecular formula is C15H17N5O2. The summed E-state index contributed by atoms with van der Waals surface area (Å²) in [6, 6.07) is 5.79. The van der Waals surface area contributed by atoms with E-state index in [1.165, 1.54) is 6.33 Å². The molecule has 2 N–H and O–H groups in total. The number of H-pyrrole nitrogens is 1. The molecule has 0 aliphatic rings. The standard InChI is InChI=1S/C15H17N5O2/c1-3-22-12-6-4-5-11-14(12)10(8-16-11)7-13(21)18-15-19-17-9-20(15)2/h4-6,8-9,16H,3,7H2,1-2H3,(H,18,19,21). The molecule has 7 nitrogen and oxygen atoms in total. The van der Waals surface area contributed by atoms with Gasteiger partial charge in [0.25, 0.3) is 0 Å². The van der Waals surface area contributed by atoms with Crippen LogP contribution in [0.4, 0.5) is 5.95 Å². The molecule has 3 rings (SSSR count). The highest BCUT2D eigenvalue weighted by Crippen LogP contribution is 2.29. The quantitative estimate of drug-likeness (QED) is 0.753. The lowest BCUT2D eigenvalue weighted by Crippen LogP contribution is -2.17. The number of hydrogen-bond acceptors (Lipinski definition) is 4. The fraction of sp³-hybridized carbons (Fsp3) is 0.267. The SMILES string of the molecule is CCOc1cccc2[nH]cc(CC(=O)Nc3nncn3C)c12. The minimum atomic E-state index is -0.150. The average Bonchev–Trinajstić information content (AvgIpc) is 3.08. The first-order chi connectivity index (χ1) is 10.7. The van der Waals surface area contributed by atoms with Crippen LogP contribution in [0, 0.1) is 0 Å². The first-order valence-electron chi connectivity index (χ1n) is 7.04. The van der Waals surface area contributed by atoms with E-state index in [-0.39, 0.29) is 12.3 Å². The summed E-state index contributed by atoms with van der Waals surface area (Å²) in [7, 11) is 1.77. The van der Waals surface area contributed by atoms with Crippen molar-refractivity contribution in [2.24, 2.45) is 7.05 Å². The Morgan fingerprint density at radius 2 is 2.32 bits per heavy atom. The van der Waals surface area contributed by atoms with Crippen LogP contribution in [0.3, 0.4) is 0 Å². The van der Waals surface area contributed by atoms with E-state index in [0.29, 0.717) is 12.6 Å². The maximum Gasteiger partial charge on any atom is 0.231 e. The topological polar surface area (TPSA) is 84.8 Å². The number of benzene rings is 1. The van der Waals surface area contributed by atoms with Crippen molar-refractivity contribution < 1.29 is 9.53 Å². The number of nitrogens with zero attached hydrogens (tertiary/aromatic N) is 3. The Kier molecular flexibility index (Phi) is 3.78. The Bertz CT molecular complexity index is 805. The Hall–Kier alpha value is -2.83. The molecule has 22 heavy (non-hydrogen) atoms. The minimum absolute atomic E-state index is 0.150. The lowest BCUT2D eigenvalue weighted by Gasteiger charge is -2.07. The predicted octanol–water partition coefficient (Wildman–Crippen LogP) is 1.88. The van der Waals surface area contributed by atoms with Crippen LogP contribution in [0.1, 0.15) is 12.5 Å². The van der Waals surface area contributed by atoms with E-state index in [1.54, 1.807) is 11.6 Å². The van der Waals surface area contributed by atoms with Crippen molar-refractivity contribution in [2.75, 3.05) is 11.9 Å². The van der Waals surface area contributed by atoms with Gasteiger partial charge in [-0.25, -0.2) is 0 Å². The van der Waals surface area contributed by atoms with Crippen molar-refractivity contribution in [1.82, 2.24) is 19.7 Å². The second kappa shape index (κ2) is 5.88. The number of ether oxygens (including phenoxy) is 1.